The van der Waals surface area contributed by atoms with Crippen LogP contribution >= 0.6 is 11.3 Å². The molecule has 1 aliphatic carbocycles. The van der Waals surface area contributed by atoms with Gasteiger partial charge < -0.3 is 23.7 Å². The average Bonchev–Trinajstić information content (AvgIpc) is 3.57. The van der Waals surface area contributed by atoms with E-state index in [9.17, 15) is 19.2 Å². The maximum atomic E-state index is 13.2. The molecule has 12 nitrogen and oxygen atoms in total. The van der Waals surface area contributed by atoms with E-state index in [0.29, 0.717) is 79.1 Å². The van der Waals surface area contributed by atoms with E-state index < -0.39 is 5.97 Å². The molecule has 3 aromatic carbocycles. The van der Waals surface area contributed by atoms with E-state index in [1.807, 2.05) is 24.3 Å². The molecule has 0 amide bonds. The van der Waals surface area contributed by atoms with Gasteiger partial charge in [-0.1, -0.05) is 30.0 Å². The Morgan fingerprint density at radius 1 is 0.824 bits per heavy atom. The molecule has 0 spiro atoms. The Hall–Kier alpha value is -5.27. The van der Waals surface area contributed by atoms with Gasteiger partial charge in [0.05, 0.1) is 35.3 Å². The standard InChI is InChI=1S/C38H41N3O9S/c1-2-35(43)47-22-8-4-3-7-21-46-29-15-17-30(18-16-29)49-36(44)26-11-13-27(14-12-26)37(45)50-33-20-19-31(48-25-42)23-28(33)24-39-41-38-40-32-9-5-6-10-34(32)51-38/h2,5-6,9-10,15-20,23,25-27,39H,1,3-4,7-8,11-14,21-22,24H2,(H,40,41)/t26-,27-. The van der Waals surface area contributed by atoms with Crippen LogP contribution in [0, 0.1) is 11.8 Å². The zero-order valence-corrected chi connectivity index (χ0v) is 29.0. The second-order valence-electron chi connectivity index (χ2n) is 11.9. The summed E-state index contributed by atoms with van der Waals surface area (Å²) in [4.78, 5) is 52.6. The maximum absolute atomic E-state index is 13.2. The first-order valence-electron chi connectivity index (χ1n) is 16.9. The number of carbonyl (C=O) groups is 4. The summed E-state index contributed by atoms with van der Waals surface area (Å²) in [5.41, 5.74) is 7.66. The Balaban J connectivity index is 1.03. The molecule has 1 fully saturated rings. The highest BCUT2D eigenvalue weighted by molar-refractivity contribution is 7.22. The summed E-state index contributed by atoms with van der Waals surface area (Å²) >= 11 is 1.50. The highest BCUT2D eigenvalue weighted by atomic mass is 32.1. The fourth-order valence-electron chi connectivity index (χ4n) is 5.60. The number of unbranched alkanes of at least 4 members (excludes halogenated alkanes) is 3. The number of para-hydroxylation sites is 1. The number of aromatic nitrogens is 1. The summed E-state index contributed by atoms with van der Waals surface area (Å²) in [5, 5.41) is 0.679. The van der Waals surface area contributed by atoms with Gasteiger partial charge in [0, 0.05) is 18.2 Å². The van der Waals surface area contributed by atoms with Crippen molar-refractivity contribution in [2.45, 2.75) is 57.9 Å². The number of anilines is 1. The molecule has 13 heteroatoms. The van der Waals surface area contributed by atoms with Gasteiger partial charge in [-0.15, -0.1) is 0 Å². The topological polar surface area (TPSA) is 151 Å². The van der Waals surface area contributed by atoms with Crippen molar-refractivity contribution < 1.29 is 42.9 Å². The van der Waals surface area contributed by atoms with Crippen LogP contribution in [0.3, 0.4) is 0 Å². The minimum atomic E-state index is -0.402. The Labute approximate surface area is 300 Å². The summed E-state index contributed by atoms with van der Waals surface area (Å²) in [6, 6.07) is 19.5. The van der Waals surface area contributed by atoms with Crippen LogP contribution in [0.2, 0.25) is 0 Å². The van der Waals surface area contributed by atoms with Crippen LogP contribution in [-0.4, -0.2) is 42.6 Å². The van der Waals surface area contributed by atoms with E-state index in [1.54, 1.807) is 42.5 Å². The average molecular weight is 716 g/mol. The number of fused-ring (bicyclic) bond motifs is 1. The van der Waals surface area contributed by atoms with Crippen molar-refractivity contribution in [3.63, 3.8) is 0 Å². The maximum Gasteiger partial charge on any atom is 0.330 e. The van der Waals surface area contributed by atoms with Gasteiger partial charge in [0.1, 0.15) is 23.0 Å². The molecule has 1 aromatic heterocycles. The molecule has 268 valence electrons. The number of carbonyl (C=O) groups excluding carboxylic acids is 4. The number of thiazole rings is 1. The first-order valence-corrected chi connectivity index (χ1v) is 17.8. The number of hydrazine groups is 1. The predicted octanol–water partition coefficient (Wildman–Crippen LogP) is 6.93. The Morgan fingerprint density at radius 3 is 2.20 bits per heavy atom. The zero-order valence-electron chi connectivity index (χ0n) is 28.2. The van der Waals surface area contributed by atoms with Crippen LogP contribution in [0.4, 0.5) is 5.13 Å². The normalized spacial score (nSPS) is 15.4. The SMILES string of the molecule is C=CC(=O)OCCCCCCOc1ccc(OC(=O)[C@H]2CC[C@H](C(=O)Oc3ccc(OC=O)cc3CNNc3nc4ccccc4s3)CC2)cc1. The Kier molecular flexibility index (Phi) is 13.9. The largest absolute Gasteiger partial charge is 0.494 e. The van der Waals surface area contributed by atoms with Crippen LogP contribution < -0.4 is 29.8 Å². The fourth-order valence-corrected chi connectivity index (χ4v) is 6.44. The quantitative estimate of drug-likeness (QED) is 0.0259. The van der Waals surface area contributed by atoms with Crippen LogP contribution in [-0.2, 0) is 30.5 Å². The Bertz CT molecular complexity index is 1750. The number of hydrogen-bond acceptors (Lipinski definition) is 13. The minimum Gasteiger partial charge on any atom is -0.494 e. The highest BCUT2D eigenvalue weighted by Gasteiger charge is 2.32. The lowest BCUT2D eigenvalue weighted by molar-refractivity contribution is -0.145. The third-order valence-corrected chi connectivity index (χ3v) is 9.30. The number of rotatable bonds is 19. The molecule has 4 aromatic rings. The number of esters is 3. The first-order chi connectivity index (χ1) is 24.9. The lowest BCUT2D eigenvalue weighted by Crippen LogP contribution is -2.30. The van der Waals surface area contributed by atoms with Crippen molar-refractivity contribution >= 4 is 51.1 Å². The van der Waals surface area contributed by atoms with Crippen LogP contribution in [0.1, 0.15) is 56.9 Å². The van der Waals surface area contributed by atoms with E-state index in [-0.39, 0.29) is 30.3 Å². The van der Waals surface area contributed by atoms with Crippen molar-refractivity contribution in [3.05, 3.63) is 84.9 Å². The van der Waals surface area contributed by atoms with Gasteiger partial charge in [-0.25, -0.2) is 15.2 Å². The van der Waals surface area contributed by atoms with Crippen molar-refractivity contribution in [1.82, 2.24) is 10.4 Å². The smallest absolute Gasteiger partial charge is 0.330 e. The van der Waals surface area contributed by atoms with Gasteiger partial charge in [-0.3, -0.25) is 19.8 Å². The Morgan fingerprint density at radius 2 is 1.49 bits per heavy atom. The summed E-state index contributed by atoms with van der Waals surface area (Å²) in [5.74, 6) is -0.0189. The van der Waals surface area contributed by atoms with Gasteiger partial charge in [0.15, 0.2) is 5.13 Å². The van der Waals surface area contributed by atoms with Gasteiger partial charge in [-0.05, 0) is 106 Å². The second kappa shape index (κ2) is 19.2. The molecule has 1 heterocycles. The summed E-state index contributed by atoms with van der Waals surface area (Å²) in [6.45, 7) is 4.90. The third kappa shape index (κ3) is 11.4. The molecule has 1 saturated carbocycles. The van der Waals surface area contributed by atoms with E-state index in [0.717, 1.165) is 42.0 Å². The van der Waals surface area contributed by atoms with Crippen molar-refractivity contribution in [1.29, 1.82) is 0 Å². The summed E-state index contributed by atoms with van der Waals surface area (Å²) < 4.78 is 28.3. The van der Waals surface area contributed by atoms with Gasteiger partial charge >= 0.3 is 17.9 Å². The number of hydrogen-bond donors (Lipinski definition) is 2. The lowest BCUT2D eigenvalue weighted by atomic mass is 9.82. The molecule has 0 unspecified atom stereocenters. The minimum absolute atomic E-state index is 0.248. The molecule has 2 N–H and O–H groups in total. The summed E-state index contributed by atoms with van der Waals surface area (Å²) in [7, 11) is 0. The lowest BCUT2D eigenvalue weighted by Gasteiger charge is -2.26. The molecular formula is C38H41N3O9S. The third-order valence-electron chi connectivity index (χ3n) is 8.35. The van der Waals surface area contributed by atoms with E-state index in [1.165, 1.54) is 11.3 Å². The van der Waals surface area contributed by atoms with E-state index in [2.05, 4.69) is 22.4 Å². The van der Waals surface area contributed by atoms with Crippen molar-refractivity contribution in [2.75, 3.05) is 18.6 Å². The van der Waals surface area contributed by atoms with Gasteiger partial charge in [0.2, 0.25) is 0 Å². The number of nitrogens with one attached hydrogen (secondary N) is 2. The molecule has 0 atom stereocenters. The van der Waals surface area contributed by atoms with Crippen LogP contribution in [0.25, 0.3) is 10.2 Å². The highest BCUT2D eigenvalue weighted by Crippen LogP contribution is 2.33. The summed E-state index contributed by atoms with van der Waals surface area (Å²) in [6.07, 6.45) is 6.70. The van der Waals surface area contributed by atoms with Gasteiger partial charge in [0.25, 0.3) is 6.47 Å². The van der Waals surface area contributed by atoms with Crippen LogP contribution in [0.15, 0.2) is 79.4 Å². The molecule has 0 saturated heterocycles. The molecule has 5 rings (SSSR count). The van der Waals surface area contributed by atoms with Gasteiger partial charge in [-0.2, -0.15) is 0 Å². The van der Waals surface area contributed by atoms with E-state index in [4.69, 9.17) is 23.7 Å². The molecule has 0 bridgehead atoms. The number of benzene rings is 3. The van der Waals surface area contributed by atoms with Crippen molar-refractivity contribution in [3.8, 4) is 23.0 Å². The second-order valence-corrected chi connectivity index (χ2v) is 13.0. The molecule has 0 radical (unpaired) electrons. The monoisotopic (exact) mass is 715 g/mol. The molecule has 1 aliphatic rings. The number of ether oxygens (including phenoxy) is 5. The zero-order chi connectivity index (χ0) is 35.8. The molecular weight excluding hydrogens is 674 g/mol. The predicted molar refractivity (Wildman–Crippen MR) is 191 cm³/mol. The first kappa shape index (κ1) is 37.0. The van der Waals surface area contributed by atoms with E-state index >= 15 is 0 Å². The molecule has 51 heavy (non-hydrogen) atoms. The van der Waals surface area contributed by atoms with Crippen LogP contribution in [0.5, 0.6) is 23.0 Å². The molecule has 0 aliphatic heterocycles. The fraction of sp³-hybridized carbons (Fsp3) is 0.342. The van der Waals surface area contributed by atoms with Crippen molar-refractivity contribution in [2.24, 2.45) is 11.8 Å². The number of nitrogens with zero attached hydrogens (tertiary/aromatic N) is 1.